The standard InChI is InChI=1S/C18H22F5NO5/c1-18(2,3)24-10(25)4-6-27-8-9-28-7-5-11(26)29-17-15(22)13(20)12(19)14(21)16(17)23/h4-9H2,1-3H3,(H,24,25). The highest BCUT2D eigenvalue weighted by atomic mass is 19.2. The number of rotatable bonds is 10. The Morgan fingerprint density at radius 1 is 0.759 bits per heavy atom. The molecule has 0 heterocycles. The number of hydrogen-bond acceptors (Lipinski definition) is 5. The van der Waals surface area contributed by atoms with E-state index in [9.17, 15) is 31.5 Å². The van der Waals surface area contributed by atoms with Gasteiger partial charge in [0.05, 0.1) is 32.8 Å². The fourth-order valence-corrected chi connectivity index (χ4v) is 1.96. The van der Waals surface area contributed by atoms with Gasteiger partial charge in [-0.15, -0.1) is 0 Å². The molecule has 1 aromatic rings. The maximum Gasteiger partial charge on any atom is 0.313 e. The first-order valence-electron chi connectivity index (χ1n) is 8.62. The second kappa shape index (κ2) is 11.1. The van der Waals surface area contributed by atoms with E-state index in [0.717, 1.165) is 0 Å². The highest BCUT2D eigenvalue weighted by Crippen LogP contribution is 2.29. The molecule has 0 atom stereocenters. The highest BCUT2D eigenvalue weighted by Gasteiger charge is 2.28. The number of amides is 1. The lowest BCUT2D eigenvalue weighted by atomic mass is 10.1. The van der Waals surface area contributed by atoms with E-state index in [4.69, 9.17) is 9.47 Å². The van der Waals surface area contributed by atoms with Crippen LogP contribution in [0.15, 0.2) is 0 Å². The third kappa shape index (κ3) is 8.32. The largest absolute Gasteiger partial charge is 0.420 e. The van der Waals surface area contributed by atoms with Gasteiger partial charge in [-0.05, 0) is 20.8 Å². The van der Waals surface area contributed by atoms with Crippen LogP contribution in [0.1, 0.15) is 33.6 Å². The molecule has 0 fully saturated rings. The Kier molecular flexibility index (Phi) is 9.44. The van der Waals surface area contributed by atoms with Crippen LogP contribution in [0.5, 0.6) is 5.75 Å². The van der Waals surface area contributed by atoms with Crippen molar-refractivity contribution in [1.29, 1.82) is 0 Å². The average molecular weight is 427 g/mol. The van der Waals surface area contributed by atoms with Crippen LogP contribution in [0.3, 0.4) is 0 Å². The summed E-state index contributed by atoms with van der Waals surface area (Å²) in [5, 5.41) is 2.76. The number of carbonyl (C=O) groups is 2. The smallest absolute Gasteiger partial charge is 0.313 e. The molecule has 0 radical (unpaired) electrons. The monoisotopic (exact) mass is 427 g/mol. The lowest BCUT2D eigenvalue weighted by molar-refractivity contribution is -0.136. The molecular formula is C18H22F5NO5. The van der Waals surface area contributed by atoms with E-state index in [-0.39, 0.29) is 44.3 Å². The van der Waals surface area contributed by atoms with Crippen molar-refractivity contribution in [1.82, 2.24) is 5.32 Å². The molecule has 0 bridgehead atoms. The van der Waals surface area contributed by atoms with E-state index in [0.29, 0.717) is 0 Å². The summed E-state index contributed by atoms with van der Waals surface area (Å²) in [6.07, 6.45) is -0.334. The Balaban J connectivity index is 2.25. The van der Waals surface area contributed by atoms with Gasteiger partial charge in [0.25, 0.3) is 0 Å². The van der Waals surface area contributed by atoms with Gasteiger partial charge < -0.3 is 19.5 Å². The van der Waals surface area contributed by atoms with E-state index in [2.05, 4.69) is 10.1 Å². The van der Waals surface area contributed by atoms with Crippen LogP contribution in [0, 0.1) is 29.1 Å². The molecule has 0 aliphatic heterocycles. The van der Waals surface area contributed by atoms with E-state index in [1.54, 1.807) is 0 Å². The van der Waals surface area contributed by atoms with Crippen LogP contribution >= 0.6 is 0 Å². The molecule has 0 aliphatic carbocycles. The van der Waals surface area contributed by atoms with Gasteiger partial charge in [-0.3, -0.25) is 9.59 Å². The summed E-state index contributed by atoms with van der Waals surface area (Å²) in [5.74, 6) is -14.3. The van der Waals surface area contributed by atoms with Gasteiger partial charge in [-0.25, -0.2) is 13.2 Å². The molecule has 6 nitrogen and oxygen atoms in total. The lowest BCUT2D eigenvalue weighted by Gasteiger charge is -2.20. The number of esters is 1. The molecule has 0 aromatic heterocycles. The van der Waals surface area contributed by atoms with Crippen LogP contribution in [0.2, 0.25) is 0 Å². The molecule has 29 heavy (non-hydrogen) atoms. The van der Waals surface area contributed by atoms with Crippen molar-refractivity contribution in [2.45, 2.75) is 39.2 Å². The van der Waals surface area contributed by atoms with E-state index >= 15 is 0 Å². The lowest BCUT2D eigenvalue weighted by Crippen LogP contribution is -2.40. The van der Waals surface area contributed by atoms with Crippen molar-refractivity contribution in [3.63, 3.8) is 0 Å². The summed E-state index contributed by atoms with van der Waals surface area (Å²) < 4.78 is 80.2. The van der Waals surface area contributed by atoms with Crippen molar-refractivity contribution in [3.8, 4) is 5.75 Å². The van der Waals surface area contributed by atoms with E-state index < -0.39 is 47.2 Å². The van der Waals surface area contributed by atoms with Crippen LogP contribution in [-0.2, 0) is 19.1 Å². The zero-order valence-corrected chi connectivity index (χ0v) is 16.2. The molecule has 0 unspecified atom stereocenters. The zero-order chi connectivity index (χ0) is 22.2. The summed E-state index contributed by atoms with van der Waals surface area (Å²) in [6, 6.07) is 0. The minimum absolute atomic E-state index is 0.0523. The van der Waals surface area contributed by atoms with E-state index in [1.807, 2.05) is 20.8 Å². The predicted molar refractivity (Wildman–Crippen MR) is 90.6 cm³/mol. The average Bonchev–Trinajstić information content (AvgIpc) is 2.62. The van der Waals surface area contributed by atoms with Crippen molar-refractivity contribution in [2.75, 3.05) is 26.4 Å². The van der Waals surface area contributed by atoms with Crippen molar-refractivity contribution >= 4 is 11.9 Å². The third-order valence-electron chi connectivity index (χ3n) is 3.20. The fraction of sp³-hybridized carbons (Fsp3) is 0.556. The van der Waals surface area contributed by atoms with Crippen LogP contribution in [-0.4, -0.2) is 43.8 Å². The molecule has 0 spiro atoms. The maximum atomic E-state index is 13.4. The second-order valence-electron chi connectivity index (χ2n) is 6.90. The summed E-state index contributed by atoms with van der Waals surface area (Å²) >= 11 is 0. The third-order valence-corrected chi connectivity index (χ3v) is 3.20. The molecule has 1 N–H and O–H groups in total. The molecule has 0 saturated heterocycles. The molecule has 1 aromatic carbocycles. The minimum atomic E-state index is -2.35. The number of hydrogen-bond donors (Lipinski definition) is 1. The summed E-state index contributed by atoms with van der Waals surface area (Å²) in [4.78, 5) is 23.0. The molecular weight excluding hydrogens is 405 g/mol. The molecule has 1 amide bonds. The topological polar surface area (TPSA) is 73.9 Å². The minimum Gasteiger partial charge on any atom is -0.420 e. The van der Waals surface area contributed by atoms with Gasteiger partial charge in [-0.2, -0.15) is 8.78 Å². The van der Waals surface area contributed by atoms with Gasteiger partial charge >= 0.3 is 5.97 Å². The molecule has 0 aliphatic rings. The molecule has 1 rings (SSSR count). The number of benzene rings is 1. The Bertz CT molecular complexity index is 707. The summed E-state index contributed by atoms with van der Waals surface area (Å²) in [5.41, 5.74) is -0.341. The molecule has 0 saturated carbocycles. The first kappa shape index (κ1) is 24.8. The van der Waals surface area contributed by atoms with Gasteiger partial charge in [0, 0.05) is 12.0 Å². The SMILES string of the molecule is CC(C)(C)NC(=O)CCOCCOCCC(=O)Oc1c(F)c(F)c(F)c(F)c1F. The molecule has 164 valence electrons. The highest BCUT2D eigenvalue weighted by molar-refractivity contribution is 5.76. The van der Waals surface area contributed by atoms with Gasteiger partial charge in [-0.1, -0.05) is 0 Å². The van der Waals surface area contributed by atoms with Crippen LogP contribution in [0.25, 0.3) is 0 Å². The van der Waals surface area contributed by atoms with Crippen LogP contribution < -0.4 is 10.1 Å². The van der Waals surface area contributed by atoms with Gasteiger partial charge in [0.1, 0.15) is 0 Å². The first-order valence-corrected chi connectivity index (χ1v) is 8.62. The van der Waals surface area contributed by atoms with Crippen molar-refractivity contribution < 1.29 is 45.8 Å². The number of halogens is 5. The fourth-order valence-electron chi connectivity index (χ4n) is 1.96. The Hall–Kier alpha value is -2.27. The normalized spacial score (nSPS) is 11.4. The number of nitrogens with one attached hydrogen (secondary N) is 1. The number of ether oxygens (including phenoxy) is 3. The van der Waals surface area contributed by atoms with Gasteiger partial charge in [0.2, 0.25) is 40.7 Å². The Morgan fingerprint density at radius 3 is 1.69 bits per heavy atom. The van der Waals surface area contributed by atoms with Crippen LogP contribution in [0.4, 0.5) is 22.0 Å². The molecule has 11 heteroatoms. The predicted octanol–water partition coefficient (Wildman–Crippen LogP) is 3.02. The van der Waals surface area contributed by atoms with Crippen molar-refractivity contribution in [3.05, 3.63) is 29.1 Å². The number of carbonyl (C=O) groups excluding carboxylic acids is 2. The second-order valence-corrected chi connectivity index (χ2v) is 6.90. The van der Waals surface area contributed by atoms with Crippen molar-refractivity contribution in [2.24, 2.45) is 0 Å². The maximum absolute atomic E-state index is 13.4. The summed E-state index contributed by atoms with van der Waals surface area (Å²) in [7, 11) is 0. The Morgan fingerprint density at radius 2 is 1.21 bits per heavy atom. The summed E-state index contributed by atoms with van der Waals surface area (Å²) in [6.45, 7) is 5.63. The van der Waals surface area contributed by atoms with Gasteiger partial charge in [0.15, 0.2) is 0 Å². The first-order chi connectivity index (χ1) is 13.4. The quantitative estimate of drug-likeness (QED) is 0.155. The Labute approximate surface area is 164 Å². The zero-order valence-electron chi connectivity index (χ0n) is 16.2. The van der Waals surface area contributed by atoms with E-state index in [1.165, 1.54) is 0 Å².